The Labute approximate surface area is 183 Å². The van der Waals surface area contributed by atoms with Crippen molar-refractivity contribution in [3.63, 3.8) is 0 Å². The highest BCUT2D eigenvalue weighted by Crippen LogP contribution is 2.38. The molecule has 1 N–H and O–H groups in total. The minimum absolute atomic E-state index is 0.262. The fourth-order valence-corrected chi connectivity index (χ4v) is 6.19. The molecule has 0 radical (unpaired) electrons. The summed E-state index contributed by atoms with van der Waals surface area (Å²) in [6.45, 7) is 2.55. The number of aromatic nitrogens is 1. The SMILES string of the molecule is COc1cc2sc(/C=C/c3cccc(C)c3)[n+](CCCS(=O)(=O)O)c2c2sccc12. The van der Waals surface area contributed by atoms with Crippen LogP contribution in [0.1, 0.15) is 22.6 Å². The quantitative estimate of drug-likeness (QED) is 0.305. The summed E-state index contributed by atoms with van der Waals surface area (Å²) in [5.74, 6) is 0.571. The molecule has 0 amide bonds. The van der Waals surface area contributed by atoms with Crippen LogP contribution in [0.15, 0.2) is 41.8 Å². The van der Waals surface area contributed by atoms with Crippen LogP contribution in [0.5, 0.6) is 5.75 Å². The summed E-state index contributed by atoms with van der Waals surface area (Å²) in [5, 5.41) is 4.10. The number of hydrogen-bond acceptors (Lipinski definition) is 5. The molecule has 0 atom stereocenters. The molecule has 2 aromatic heterocycles. The molecule has 0 saturated carbocycles. The Balaban J connectivity index is 1.84. The van der Waals surface area contributed by atoms with E-state index in [1.165, 1.54) is 5.56 Å². The smallest absolute Gasteiger partial charge is 0.265 e. The summed E-state index contributed by atoms with van der Waals surface area (Å²) in [7, 11) is -2.32. The molecule has 0 aliphatic rings. The van der Waals surface area contributed by atoms with Crippen LogP contribution in [-0.4, -0.2) is 25.8 Å². The van der Waals surface area contributed by atoms with Crippen LogP contribution >= 0.6 is 22.7 Å². The Morgan fingerprint density at radius 3 is 2.77 bits per heavy atom. The number of rotatable bonds is 7. The molecule has 0 aliphatic heterocycles. The number of nitrogens with zero attached hydrogens (tertiary/aromatic N) is 1. The van der Waals surface area contributed by atoms with E-state index in [1.54, 1.807) is 29.8 Å². The highest BCUT2D eigenvalue weighted by Gasteiger charge is 2.24. The zero-order chi connectivity index (χ0) is 21.3. The van der Waals surface area contributed by atoms with Crippen molar-refractivity contribution in [3.8, 4) is 5.75 Å². The van der Waals surface area contributed by atoms with Gasteiger partial charge in [0.15, 0.2) is 6.54 Å². The molecular formula is C22H22NO4S3+. The zero-order valence-corrected chi connectivity index (χ0v) is 19.1. The van der Waals surface area contributed by atoms with Gasteiger partial charge in [-0.05, 0) is 30.0 Å². The minimum Gasteiger partial charge on any atom is -0.496 e. The second kappa shape index (κ2) is 8.47. The third kappa shape index (κ3) is 4.41. The number of ether oxygens (including phenoxy) is 1. The lowest BCUT2D eigenvalue weighted by atomic mass is 10.1. The molecule has 4 aromatic rings. The third-order valence-electron chi connectivity index (χ3n) is 4.86. The molecule has 4 rings (SSSR count). The number of thiazole rings is 1. The Morgan fingerprint density at radius 1 is 1.20 bits per heavy atom. The van der Waals surface area contributed by atoms with Crippen LogP contribution in [-0.2, 0) is 16.7 Å². The number of aryl methyl sites for hydroxylation is 2. The number of benzene rings is 2. The first-order valence-corrected chi connectivity index (χ1v) is 12.8. The molecule has 0 unspecified atom stereocenters. The number of methoxy groups -OCH3 is 1. The predicted molar refractivity (Wildman–Crippen MR) is 125 cm³/mol. The van der Waals surface area contributed by atoms with Gasteiger partial charge in [0, 0.05) is 23.9 Å². The van der Waals surface area contributed by atoms with E-state index in [-0.39, 0.29) is 5.75 Å². The minimum atomic E-state index is -3.99. The largest absolute Gasteiger partial charge is 0.496 e. The van der Waals surface area contributed by atoms with Gasteiger partial charge >= 0.3 is 0 Å². The fourth-order valence-electron chi connectivity index (χ4n) is 3.54. The predicted octanol–water partition coefficient (Wildman–Crippen LogP) is 5.17. The average Bonchev–Trinajstić information content (AvgIpc) is 3.29. The third-order valence-corrected chi connectivity index (χ3v) is 7.68. The highest BCUT2D eigenvalue weighted by molar-refractivity contribution is 7.85. The van der Waals surface area contributed by atoms with Gasteiger partial charge < -0.3 is 4.74 Å². The van der Waals surface area contributed by atoms with Crippen molar-refractivity contribution >= 4 is 65.2 Å². The molecule has 0 bridgehead atoms. The standard InChI is InChI=1S/C22H21NO4S3/c1-15-5-3-6-16(13-15)7-8-20-23(10-4-12-30(24,25)26)21-19(29-20)14-18(27-2)17-9-11-28-22(17)21/h3,5-9,11,13-14H,4,10,12H2,1-2H3/p+1/b8-7+. The Bertz CT molecular complexity index is 1350. The maximum atomic E-state index is 11.2. The molecule has 8 heteroatoms. The Kier molecular flexibility index (Phi) is 5.92. The summed E-state index contributed by atoms with van der Waals surface area (Å²) in [4.78, 5) is 0. The van der Waals surface area contributed by atoms with Crippen molar-refractivity contribution in [2.24, 2.45) is 0 Å². The van der Waals surface area contributed by atoms with E-state index < -0.39 is 10.1 Å². The maximum absolute atomic E-state index is 11.2. The van der Waals surface area contributed by atoms with Crippen LogP contribution < -0.4 is 9.30 Å². The van der Waals surface area contributed by atoms with Crippen LogP contribution in [0.4, 0.5) is 0 Å². The normalized spacial score (nSPS) is 12.4. The van der Waals surface area contributed by atoms with Gasteiger partial charge in [0.25, 0.3) is 15.1 Å². The van der Waals surface area contributed by atoms with Gasteiger partial charge in [-0.1, -0.05) is 41.2 Å². The molecule has 5 nitrogen and oxygen atoms in total. The van der Waals surface area contributed by atoms with Gasteiger partial charge in [-0.25, -0.2) is 0 Å². The first-order valence-electron chi connectivity index (χ1n) is 9.46. The number of thiophene rings is 1. The van der Waals surface area contributed by atoms with Crippen molar-refractivity contribution < 1.29 is 22.3 Å². The summed E-state index contributed by atoms with van der Waals surface area (Å²) in [6, 6.07) is 12.3. The Morgan fingerprint density at radius 2 is 2.03 bits per heavy atom. The van der Waals surface area contributed by atoms with E-state index >= 15 is 0 Å². The van der Waals surface area contributed by atoms with Crippen molar-refractivity contribution in [2.75, 3.05) is 12.9 Å². The van der Waals surface area contributed by atoms with E-state index in [4.69, 9.17) is 9.29 Å². The van der Waals surface area contributed by atoms with E-state index in [2.05, 4.69) is 41.8 Å². The van der Waals surface area contributed by atoms with Crippen LogP contribution in [0.25, 0.3) is 32.5 Å². The van der Waals surface area contributed by atoms with Crippen LogP contribution in [0, 0.1) is 6.92 Å². The fraction of sp³-hybridized carbons (Fsp3) is 0.227. The molecule has 2 heterocycles. The second-order valence-electron chi connectivity index (χ2n) is 7.07. The van der Waals surface area contributed by atoms with E-state index in [0.29, 0.717) is 13.0 Å². The van der Waals surface area contributed by atoms with Crippen LogP contribution in [0.2, 0.25) is 0 Å². The molecule has 30 heavy (non-hydrogen) atoms. The molecule has 0 saturated heterocycles. The van der Waals surface area contributed by atoms with E-state index in [0.717, 1.165) is 36.6 Å². The molecular weight excluding hydrogens is 438 g/mol. The van der Waals surface area contributed by atoms with Crippen LogP contribution in [0.3, 0.4) is 0 Å². The Hall–Kier alpha value is -2.26. The average molecular weight is 461 g/mol. The lowest BCUT2D eigenvalue weighted by Gasteiger charge is -2.02. The number of fused-ring (bicyclic) bond motifs is 3. The second-order valence-corrected chi connectivity index (χ2v) is 10.6. The summed E-state index contributed by atoms with van der Waals surface area (Å²) >= 11 is 3.29. The first-order chi connectivity index (χ1) is 14.4. The monoisotopic (exact) mass is 460 g/mol. The summed E-state index contributed by atoms with van der Waals surface area (Å²) < 4.78 is 41.5. The highest BCUT2D eigenvalue weighted by atomic mass is 32.2. The molecule has 156 valence electrons. The van der Waals surface area contributed by atoms with E-state index in [1.807, 2.05) is 23.6 Å². The summed E-state index contributed by atoms with van der Waals surface area (Å²) in [5.41, 5.74) is 3.38. The van der Waals surface area contributed by atoms with Gasteiger partial charge in [-0.3, -0.25) is 4.55 Å². The lowest BCUT2D eigenvalue weighted by molar-refractivity contribution is -0.667. The zero-order valence-electron chi connectivity index (χ0n) is 16.7. The maximum Gasteiger partial charge on any atom is 0.265 e. The number of hydrogen-bond donors (Lipinski definition) is 1. The van der Waals surface area contributed by atoms with Gasteiger partial charge in [-0.15, -0.1) is 11.3 Å². The molecule has 0 spiro atoms. The van der Waals surface area contributed by atoms with Gasteiger partial charge in [0.05, 0.1) is 12.9 Å². The lowest BCUT2D eigenvalue weighted by Crippen LogP contribution is -2.36. The summed E-state index contributed by atoms with van der Waals surface area (Å²) in [6.07, 6.45) is 4.47. The molecule has 2 aromatic carbocycles. The topological polar surface area (TPSA) is 67.5 Å². The first kappa shape index (κ1) is 21.0. The van der Waals surface area contributed by atoms with Crippen molar-refractivity contribution in [1.82, 2.24) is 0 Å². The molecule has 0 aliphatic carbocycles. The van der Waals surface area contributed by atoms with Crippen molar-refractivity contribution in [3.05, 3.63) is 57.9 Å². The van der Waals surface area contributed by atoms with Gasteiger partial charge in [-0.2, -0.15) is 13.0 Å². The van der Waals surface area contributed by atoms with Crippen molar-refractivity contribution in [2.45, 2.75) is 19.9 Å². The molecule has 0 fully saturated rings. The van der Waals surface area contributed by atoms with Crippen molar-refractivity contribution in [1.29, 1.82) is 0 Å². The van der Waals surface area contributed by atoms with Gasteiger partial charge in [0.2, 0.25) is 5.52 Å². The van der Waals surface area contributed by atoms with E-state index in [9.17, 15) is 8.42 Å². The van der Waals surface area contributed by atoms with Gasteiger partial charge in [0.1, 0.15) is 15.1 Å².